The number of carbonyl (C=O) groups excluding carboxylic acids is 1. The van der Waals surface area contributed by atoms with Gasteiger partial charge in [-0.05, 0) is 40.2 Å². The van der Waals surface area contributed by atoms with Gasteiger partial charge in [-0.3, -0.25) is 9.78 Å². The van der Waals surface area contributed by atoms with Crippen LogP contribution in [0.1, 0.15) is 16.2 Å². The topological polar surface area (TPSA) is 73.8 Å². The predicted molar refractivity (Wildman–Crippen MR) is 79.3 cm³/mol. The lowest BCUT2D eigenvalue weighted by Gasteiger charge is -2.04. The van der Waals surface area contributed by atoms with E-state index in [9.17, 15) is 4.79 Å². The zero-order chi connectivity index (χ0) is 14.1. The van der Waals surface area contributed by atoms with Crippen LogP contribution in [-0.2, 0) is 6.54 Å². The lowest BCUT2D eigenvalue weighted by molar-refractivity contribution is 0.0996. The summed E-state index contributed by atoms with van der Waals surface area (Å²) in [5.41, 5.74) is 7.16. The average molecular weight is 331 g/mol. The van der Waals surface area contributed by atoms with Crippen molar-refractivity contribution in [2.75, 3.05) is 0 Å². The number of halogens is 1. The predicted octanol–water partition coefficient (Wildman–Crippen LogP) is 2.34. The third-order valence-corrected chi connectivity index (χ3v) is 3.62. The van der Waals surface area contributed by atoms with Gasteiger partial charge in [-0.1, -0.05) is 6.07 Å². The highest BCUT2D eigenvalue weighted by Crippen LogP contribution is 2.25. The maximum Gasteiger partial charge on any atom is 0.267 e. The SMILES string of the molecule is NC(=O)c1ccc2c(Br)cn(Cc3ccccn3)c2n1. The van der Waals surface area contributed by atoms with Crippen molar-refractivity contribution < 1.29 is 4.79 Å². The van der Waals surface area contributed by atoms with Crippen LogP contribution >= 0.6 is 15.9 Å². The van der Waals surface area contributed by atoms with Gasteiger partial charge < -0.3 is 10.3 Å². The summed E-state index contributed by atoms with van der Waals surface area (Å²) in [6.45, 7) is 0.582. The van der Waals surface area contributed by atoms with E-state index in [0.29, 0.717) is 12.2 Å². The molecule has 5 nitrogen and oxygen atoms in total. The minimum absolute atomic E-state index is 0.255. The van der Waals surface area contributed by atoms with E-state index in [2.05, 4.69) is 25.9 Å². The third kappa shape index (κ3) is 2.30. The molecule has 20 heavy (non-hydrogen) atoms. The van der Waals surface area contributed by atoms with Gasteiger partial charge in [-0.25, -0.2) is 4.98 Å². The molecular weight excluding hydrogens is 320 g/mol. The Hall–Kier alpha value is -2.21. The molecule has 0 spiro atoms. The monoisotopic (exact) mass is 330 g/mol. The first-order valence-corrected chi connectivity index (χ1v) is 6.79. The van der Waals surface area contributed by atoms with Crippen molar-refractivity contribution in [2.45, 2.75) is 6.54 Å². The summed E-state index contributed by atoms with van der Waals surface area (Å²) in [5.74, 6) is -0.534. The number of aromatic nitrogens is 3. The molecule has 0 saturated heterocycles. The molecular formula is C14H11BrN4O. The Morgan fingerprint density at radius 3 is 2.85 bits per heavy atom. The zero-order valence-corrected chi connectivity index (χ0v) is 12.0. The number of amides is 1. The molecule has 0 atom stereocenters. The molecule has 0 unspecified atom stereocenters. The van der Waals surface area contributed by atoms with Gasteiger partial charge in [-0.15, -0.1) is 0 Å². The molecule has 0 fully saturated rings. The van der Waals surface area contributed by atoms with E-state index >= 15 is 0 Å². The van der Waals surface area contributed by atoms with E-state index in [1.807, 2.05) is 35.0 Å². The highest BCUT2D eigenvalue weighted by molar-refractivity contribution is 9.10. The zero-order valence-electron chi connectivity index (χ0n) is 10.5. The number of nitrogens with two attached hydrogens (primary N) is 1. The van der Waals surface area contributed by atoms with Gasteiger partial charge >= 0.3 is 0 Å². The smallest absolute Gasteiger partial charge is 0.267 e. The van der Waals surface area contributed by atoms with Gasteiger partial charge in [0.15, 0.2) is 0 Å². The van der Waals surface area contributed by atoms with Gasteiger partial charge in [0.2, 0.25) is 0 Å². The molecule has 0 aliphatic heterocycles. The molecule has 0 saturated carbocycles. The van der Waals surface area contributed by atoms with Crippen molar-refractivity contribution in [3.05, 3.63) is 58.6 Å². The molecule has 0 aromatic carbocycles. The van der Waals surface area contributed by atoms with Crippen molar-refractivity contribution in [2.24, 2.45) is 5.73 Å². The van der Waals surface area contributed by atoms with Crippen molar-refractivity contribution in [3.63, 3.8) is 0 Å². The number of pyridine rings is 2. The van der Waals surface area contributed by atoms with E-state index in [1.165, 1.54) is 0 Å². The highest BCUT2D eigenvalue weighted by Gasteiger charge is 2.11. The maximum atomic E-state index is 11.2. The quantitative estimate of drug-likeness (QED) is 0.800. The number of rotatable bonds is 3. The maximum absolute atomic E-state index is 11.2. The Morgan fingerprint density at radius 2 is 2.15 bits per heavy atom. The van der Waals surface area contributed by atoms with E-state index in [0.717, 1.165) is 15.6 Å². The lowest BCUT2D eigenvalue weighted by atomic mass is 10.3. The Bertz CT molecular complexity index is 782. The summed E-state index contributed by atoms with van der Waals surface area (Å²) in [6, 6.07) is 9.21. The summed E-state index contributed by atoms with van der Waals surface area (Å²) < 4.78 is 2.86. The Balaban J connectivity index is 2.10. The van der Waals surface area contributed by atoms with Gasteiger partial charge in [0, 0.05) is 22.3 Å². The normalized spacial score (nSPS) is 10.8. The number of hydrogen-bond donors (Lipinski definition) is 1. The number of primary amides is 1. The third-order valence-electron chi connectivity index (χ3n) is 2.98. The van der Waals surface area contributed by atoms with E-state index in [-0.39, 0.29) is 5.69 Å². The largest absolute Gasteiger partial charge is 0.364 e. The standard InChI is InChI=1S/C14H11BrN4O/c15-11-8-19(7-9-3-1-2-6-17-9)14-10(11)4-5-12(18-14)13(16)20/h1-6,8H,7H2,(H2,16,20). The number of hydrogen-bond acceptors (Lipinski definition) is 3. The summed E-state index contributed by atoms with van der Waals surface area (Å²) in [4.78, 5) is 19.9. The first kappa shape index (κ1) is 12.8. The molecule has 2 N–H and O–H groups in total. The van der Waals surface area contributed by atoms with Gasteiger partial charge in [0.05, 0.1) is 12.2 Å². The van der Waals surface area contributed by atoms with Crippen LogP contribution in [0.15, 0.2) is 47.2 Å². The van der Waals surface area contributed by atoms with Crippen LogP contribution in [-0.4, -0.2) is 20.4 Å². The number of fused-ring (bicyclic) bond motifs is 1. The molecule has 0 aliphatic carbocycles. The van der Waals surface area contributed by atoms with Crippen LogP contribution < -0.4 is 5.73 Å². The highest BCUT2D eigenvalue weighted by atomic mass is 79.9. The number of carbonyl (C=O) groups is 1. The Morgan fingerprint density at radius 1 is 1.30 bits per heavy atom. The summed E-state index contributed by atoms with van der Waals surface area (Å²) in [6.07, 6.45) is 3.68. The molecule has 100 valence electrons. The Labute approximate surface area is 123 Å². The fraction of sp³-hybridized carbons (Fsp3) is 0.0714. The molecule has 3 heterocycles. The first-order valence-electron chi connectivity index (χ1n) is 6.00. The molecule has 1 amide bonds. The average Bonchev–Trinajstić information content (AvgIpc) is 2.76. The molecule has 0 aliphatic rings. The number of nitrogens with zero attached hydrogens (tertiary/aromatic N) is 3. The molecule has 0 radical (unpaired) electrons. The second kappa shape index (κ2) is 5.05. The van der Waals surface area contributed by atoms with Gasteiger partial charge in [-0.2, -0.15) is 0 Å². The van der Waals surface area contributed by atoms with Crippen molar-refractivity contribution in [3.8, 4) is 0 Å². The molecule has 3 aromatic rings. The van der Waals surface area contributed by atoms with Crippen LogP contribution in [0.4, 0.5) is 0 Å². The summed E-state index contributed by atoms with van der Waals surface area (Å²) in [5, 5.41) is 0.936. The summed E-state index contributed by atoms with van der Waals surface area (Å²) in [7, 11) is 0. The van der Waals surface area contributed by atoms with Crippen LogP contribution in [0.25, 0.3) is 11.0 Å². The molecule has 3 rings (SSSR count). The van der Waals surface area contributed by atoms with Crippen molar-refractivity contribution in [1.82, 2.24) is 14.5 Å². The second-order valence-electron chi connectivity index (χ2n) is 4.36. The fourth-order valence-electron chi connectivity index (χ4n) is 2.05. The van der Waals surface area contributed by atoms with Crippen molar-refractivity contribution >= 4 is 32.9 Å². The van der Waals surface area contributed by atoms with Crippen LogP contribution in [0.3, 0.4) is 0 Å². The molecule has 3 aromatic heterocycles. The van der Waals surface area contributed by atoms with E-state index in [1.54, 1.807) is 12.3 Å². The Kier molecular flexibility index (Phi) is 3.23. The molecule has 6 heteroatoms. The van der Waals surface area contributed by atoms with Crippen molar-refractivity contribution in [1.29, 1.82) is 0 Å². The lowest BCUT2D eigenvalue weighted by Crippen LogP contribution is -2.13. The van der Waals surface area contributed by atoms with Crippen LogP contribution in [0.5, 0.6) is 0 Å². The minimum atomic E-state index is -0.534. The van der Waals surface area contributed by atoms with Crippen LogP contribution in [0.2, 0.25) is 0 Å². The first-order chi connectivity index (χ1) is 9.65. The van der Waals surface area contributed by atoms with Gasteiger partial charge in [0.25, 0.3) is 5.91 Å². The van der Waals surface area contributed by atoms with E-state index < -0.39 is 5.91 Å². The second-order valence-corrected chi connectivity index (χ2v) is 5.21. The summed E-state index contributed by atoms with van der Waals surface area (Å²) >= 11 is 3.50. The van der Waals surface area contributed by atoms with Crippen LogP contribution in [0, 0.1) is 0 Å². The van der Waals surface area contributed by atoms with Gasteiger partial charge in [0.1, 0.15) is 11.3 Å². The minimum Gasteiger partial charge on any atom is -0.364 e. The fourth-order valence-corrected chi connectivity index (χ4v) is 2.60. The van der Waals surface area contributed by atoms with E-state index in [4.69, 9.17) is 5.73 Å². The molecule has 0 bridgehead atoms.